The zero-order valence-electron chi connectivity index (χ0n) is 7.17. The summed E-state index contributed by atoms with van der Waals surface area (Å²) in [5.41, 5.74) is 0. The first-order valence-corrected chi connectivity index (χ1v) is 4.29. The van der Waals surface area contributed by atoms with Gasteiger partial charge in [-0.3, -0.25) is 0 Å². The van der Waals surface area contributed by atoms with Gasteiger partial charge in [-0.15, -0.1) is 0 Å². The zero-order chi connectivity index (χ0) is 7.72. The van der Waals surface area contributed by atoms with E-state index in [9.17, 15) is 5.11 Å². The van der Waals surface area contributed by atoms with Gasteiger partial charge in [0.15, 0.2) is 0 Å². The Bertz CT molecular complexity index is 99.3. The van der Waals surface area contributed by atoms with E-state index >= 15 is 0 Å². The van der Waals surface area contributed by atoms with Gasteiger partial charge in [0, 0.05) is 0 Å². The van der Waals surface area contributed by atoms with Crippen LogP contribution in [0.3, 0.4) is 0 Å². The highest BCUT2D eigenvalue weighted by atomic mass is 16.3. The van der Waals surface area contributed by atoms with Crippen LogP contribution in [0.1, 0.15) is 33.6 Å². The fraction of sp³-hybridized carbons (Fsp3) is 1.00. The van der Waals surface area contributed by atoms with Crippen LogP contribution in [0, 0.1) is 17.8 Å². The van der Waals surface area contributed by atoms with Crippen LogP contribution in [-0.2, 0) is 0 Å². The molecule has 10 heavy (non-hydrogen) atoms. The predicted octanol–water partition coefficient (Wildman–Crippen LogP) is 2.05. The van der Waals surface area contributed by atoms with E-state index in [1.807, 2.05) is 0 Å². The molecule has 0 bridgehead atoms. The first-order chi connectivity index (χ1) is 4.61. The van der Waals surface area contributed by atoms with Gasteiger partial charge in [-0.1, -0.05) is 20.8 Å². The zero-order valence-corrected chi connectivity index (χ0v) is 7.17. The number of rotatable bonds is 1. The van der Waals surface area contributed by atoms with Crippen molar-refractivity contribution in [1.29, 1.82) is 0 Å². The molecule has 1 saturated carbocycles. The van der Waals surface area contributed by atoms with E-state index in [4.69, 9.17) is 0 Å². The number of aliphatic hydroxyl groups is 1. The summed E-state index contributed by atoms with van der Waals surface area (Å²) in [5.74, 6) is 2.05. The average Bonchev–Trinajstić information content (AvgIpc) is 2.13. The maximum Gasteiger partial charge on any atom is 0.0568 e. The minimum atomic E-state index is -0.0209. The van der Waals surface area contributed by atoms with Crippen LogP contribution < -0.4 is 0 Å². The molecule has 3 atom stereocenters. The van der Waals surface area contributed by atoms with Gasteiger partial charge >= 0.3 is 0 Å². The van der Waals surface area contributed by atoms with Crippen LogP contribution in [0.15, 0.2) is 0 Å². The first kappa shape index (κ1) is 8.06. The van der Waals surface area contributed by atoms with Crippen LogP contribution in [0.2, 0.25) is 0 Å². The standard InChI is InChI=1S/C9H18O/c1-6(2)8-4-7(3)9(10)5-8/h6-10H,4-5H2,1-3H3. The molecule has 1 heteroatoms. The summed E-state index contributed by atoms with van der Waals surface area (Å²) in [7, 11) is 0. The Labute approximate surface area is 63.4 Å². The van der Waals surface area contributed by atoms with Crippen molar-refractivity contribution >= 4 is 0 Å². The van der Waals surface area contributed by atoms with Crippen LogP contribution >= 0.6 is 0 Å². The average molecular weight is 142 g/mol. The molecule has 0 saturated heterocycles. The van der Waals surface area contributed by atoms with E-state index in [1.165, 1.54) is 6.42 Å². The highest BCUT2D eigenvalue weighted by Crippen LogP contribution is 2.35. The molecule has 0 heterocycles. The Hall–Kier alpha value is -0.0400. The van der Waals surface area contributed by atoms with Gasteiger partial charge in [-0.2, -0.15) is 0 Å². The monoisotopic (exact) mass is 142 g/mol. The number of hydrogen-bond acceptors (Lipinski definition) is 1. The molecule has 1 aliphatic carbocycles. The predicted molar refractivity (Wildman–Crippen MR) is 42.7 cm³/mol. The molecule has 0 aromatic heterocycles. The molecular formula is C9H18O. The number of hydrogen-bond donors (Lipinski definition) is 1. The summed E-state index contributed by atoms with van der Waals surface area (Å²) in [6, 6.07) is 0. The van der Waals surface area contributed by atoms with Crippen LogP contribution in [0.4, 0.5) is 0 Å². The fourth-order valence-corrected chi connectivity index (χ4v) is 1.82. The Morgan fingerprint density at radius 3 is 2.10 bits per heavy atom. The summed E-state index contributed by atoms with van der Waals surface area (Å²) in [6.07, 6.45) is 2.23. The van der Waals surface area contributed by atoms with Crippen molar-refractivity contribution in [2.24, 2.45) is 17.8 Å². The molecule has 1 aliphatic rings. The lowest BCUT2D eigenvalue weighted by Crippen LogP contribution is -2.08. The first-order valence-electron chi connectivity index (χ1n) is 4.29. The SMILES string of the molecule is CC(C)C1CC(C)C(O)C1. The van der Waals surface area contributed by atoms with Crippen molar-refractivity contribution < 1.29 is 5.11 Å². The molecule has 1 N–H and O–H groups in total. The normalized spacial score (nSPS) is 41.1. The number of aliphatic hydroxyl groups excluding tert-OH is 1. The summed E-state index contributed by atoms with van der Waals surface area (Å²) < 4.78 is 0. The Morgan fingerprint density at radius 1 is 1.30 bits per heavy atom. The Kier molecular flexibility index (Phi) is 2.35. The van der Waals surface area contributed by atoms with Crippen molar-refractivity contribution in [2.45, 2.75) is 39.7 Å². The lowest BCUT2D eigenvalue weighted by Gasteiger charge is -2.12. The van der Waals surface area contributed by atoms with Crippen LogP contribution in [0.5, 0.6) is 0 Å². The molecule has 1 fully saturated rings. The lowest BCUT2D eigenvalue weighted by atomic mass is 9.94. The third-order valence-corrected chi connectivity index (χ3v) is 2.82. The molecule has 0 amide bonds. The molecular weight excluding hydrogens is 124 g/mol. The third-order valence-electron chi connectivity index (χ3n) is 2.82. The summed E-state index contributed by atoms with van der Waals surface area (Å²) in [5, 5.41) is 9.42. The molecule has 3 unspecified atom stereocenters. The van der Waals surface area contributed by atoms with E-state index in [0.717, 1.165) is 18.3 Å². The molecule has 0 spiro atoms. The second kappa shape index (κ2) is 2.91. The topological polar surface area (TPSA) is 20.2 Å². The van der Waals surface area contributed by atoms with E-state index in [-0.39, 0.29) is 6.10 Å². The molecule has 0 radical (unpaired) electrons. The van der Waals surface area contributed by atoms with Gasteiger partial charge < -0.3 is 5.11 Å². The van der Waals surface area contributed by atoms with E-state index in [1.54, 1.807) is 0 Å². The minimum absolute atomic E-state index is 0.0209. The van der Waals surface area contributed by atoms with E-state index in [0.29, 0.717) is 5.92 Å². The summed E-state index contributed by atoms with van der Waals surface area (Å²) in [4.78, 5) is 0. The molecule has 1 nitrogen and oxygen atoms in total. The molecule has 60 valence electrons. The fourth-order valence-electron chi connectivity index (χ4n) is 1.82. The van der Waals surface area contributed by atoms with Gasteiger partial charge in [0.25, 0.3) is 0 Å². The second-order valence-corrected chi connectivity index (χ2v) is 4.02. The maximum atomic E-state index is 9.42. The maximum absolute atomic E-state index is 9.42. The molecule has 1 rings (SSSR count). The Morgan fingerprint density at radius 2 is 1.90 bits per heavy atom. The Balaban J connectivity index is 2.41. The molecule has 0 aliphatic heterocycles. The van der Waals surface area contributed by atoms with Crippen molar-refractivity contribution in [3.05, 3.63) is 0 Å². The molecule has 0 aromatic rings. The molecule has 0 aromatic carbocycles. The van der Waals surface area contributed by atoms with Gasteiger partial charge in [0.2, 0.25) is 0 Å². The third kappa shape index (κ3) is 1.51. The summed E-state index contributed by atoms with van der Waals surface area (Å²) in [6.45, 7) is 6.64. The van der Waals surface area contributed by atoms with Gasteiger partial charge in [0.1, 0.15) is 0 Å². The minimum Gasteiger partial charge on any atom is -0.393 e. The summed E-state index contributed by atoms with van der Waals surface area (Å²) >= 11 is 0. The van der Waals surface area contributed by atoms with Gasteiger partial charge in [0.05, 0.1) is 6.10 Å². The van der Waals surface area contributed by atoms with Crippen molar-refractivity contribution in [3.8, 4) is 0 Å². The smallest absolute Gasteiger partial charge is 0.0568 e. The largest absolute Gasteiger partial charge is 0.393 e. The van der Waals surface area contributed by atoms with E-state index in [2.05, 4.69) is 20.8 Å². The second-order valence-electron chi connectivity index (χ2n) is 4.02. The van der Waals surface area contributed by atoms with Crippen LogP contribution in [-0.4, -0.2) is 11.2 Å². The highest BCUT2D eigenvalue weighted by molar-refractivity contribution is 4.81. The van der Waals surface area contributed by atoms with Crippen molar-refractivity contribution in [1.82, 2.24) is 0 Å². The van der Waals surface area contributed by atoms with Crippen molar-refractivity contribution in [3.63, 3.8) is 0 Å². The van der Waals surface area contributed by atoms with Gasteiger partial charge in [-0.25, -0.2) is 0 Å². The van der Waals surface area contributed by atoms with Crippen LogP contribution in [0.25, 0.3) is 0 Å². The highest BCUT2D eigenvalue weighted by Gasteiger charge is 2.30. The van der Waals surface area contributed by atoms with Gasteiger partial charge in [-0.05, 0) is 30.6 Å². The van der Waals surface area contributed by atoms with E-state index < -0.39 is 0 Å². The van der Waals surface area contributed by atoms with Crippen molar-refractivity contribution in [2.75, 3.05) is 0 Å². The lowest BCUT2D eigenvalue weighted by molar-refractivity contribution is 0.137. The quantitative estimate of drug-likeness (QED) is 0.594.